The molecule has 2 N–H and O–H groups in total. The normalized spacial score (nSPS) is 11.1. The number of aliphatic carboxylic acids is 1. The number of anilines is 1. The third kappa shape index (κ3) is 2.16. The molecule has 0 aliphatic carbocycles. The molecule has 2 heterocycles. The summed E-state index contributed by atoms with van der Waals surface area (Å²) < 4.78 is 1.80. The first-order valence-corrected chi connectivity index (χ1v) is 6.36. The fourth-order valence-electron chi connectivity index (χ4n) is 2.20. The molecular formula is C14H14N4O2. The van der Waals surface area contributed by atoms with E-state index in [0.717, 1.165) is 22.2 Å². The lowest BCUT2D eigenvalue weighted by Gasteiger charge is -2.09. The van der Waals surface area contributed by atoms with Crippen molar-refractivity contribution in [3.63, 3.8) is 0 Å². The molecule has 0 spiro atoms. The number of carboxylic acid groups (broad SMARTS) is 1. The van der Waals surface area contributed by atoms with Gasteiger partial charge in [0.25, 0.3) is 0 Å². The molecule has 0 aliphatic heterocycles. The Balaban J connectivity index is 2.11. The Kier molecular flexibility index (Phi) is 2.98. The van der Waals surface area contributed by atoms with Gasteiger partial charge in [0.05, 0.1) is 17.6 Å². The van der Waals surface area contributed by atoms with Gasteiger partial charge in [-0.3, -0.25) is 4.79 Å². The van der Waals surface area contributed by atoms with Gasteiger partial charge in [-0.1, -0.05) is 12.1 Å². The minimum absolute atomic E-state index is 0.0550. The highest BCUT2D eigenvalue weighted by atomic mass is 16.4. The standard InChI is InChI=1S/C14H14N4O2/c1-9-8-12-16-14(15-7-6-13(19)20)10-4-2-3-5-11(10)18(12)17-9/h2-5,8H,6-7H2,1H3,(H,15,16)(H,19,20). The van der Waals surface area contributed by atoms with Crippen LogP contribution in [0.3, 0.4) is 0 Å². The molecule has 0 aliphatic rings. The van der Waals surface area contributed by atoms with Gasteiger partial charge in [-0.05, 0) is 19.1 Å². The van der Waals surface area contributed by atoms with E-state index in [0.29, 0.717) is 12.4 Å². The van der Waals surface area contributed by atoms with Crippen LogP contribution in [0.2, 0.25) is 0 Å². The van der Waals surface area contributed by atoms with Crippen molar-refractivity contribution in [3.05, 3.63) is 36.0 Å². The summed E-state index contributed by atoms with van der Waals surface area (Å²) in [5.41, 5.74) is 2.59. The number of nitrogens with one attached hydrogen (secondary N) is 1. The highest BCUT2D eigenvalue weighted by molar-refractivity contribution is 5.91. The lowest BCUT2D eigenvalue weighted by molar-refractivity contribution is -0.136. The Labute approximate surface area is 115 Å². The minimum Gasteiger partial charge on any atom is -0.481 e. The maximum atomic E-state index is 10.6. The Hall–Kier alpha value is -2.63. The number of para-hydroxylation sites is 1. The number of carboxylic acids is 1. The SMILES string of the molecule is Cc1cc2nc(NCCC(=O)O)c3ccccc3n2n1. The average Bonchev–Trinajstić information content (AvgIpc) is 2.79. The summed E-state index contributed by atoms with van der Waals surface area (Å²) in [6.07, 6.45) is 0.0550. The summed E-state index contributed by atoms with van der Waals surface area (Å²) in [6.45, 7) is 2.26. The Morgan fingerprint density at radius 1 is 1.40 bits per heavy atom. The first kappa shape index (κ1) is 12.4. The van der Waals surface area contributed by atoms with E-state index in [-0.39, 0.29) is 6.42 Å². The largest absolute Gasteiger partial charge is 0.481 e. The maximum Gasteiger partial charge on any atom is 0.305 e. The number of hydrogen-bond acceptors (Lipinski definition) is 4. The third-order valence-electron chi connectivity index (χ3n) is 3.06. The molecule has 6 heteroatoms. The third-order valence-corrected chi connectivity index (χ3v) is 3.06. The predicted molar refractivity (Wildman–Crippen MR) is 76.0 cm³/mol. The highest BCUT2D eigenvalue weighted by Crippen LogP contribution is 2.23. The zero-order valence-electron chi connectivity index (χ0n) is 11.0. The molecule has 6 nitrogen and oxygen atoms in total. The smallest absolute Gasteiger partial charge is 0.305 e. The van der Waals surface area contributed by atoms with Crippen molar-refractivity contribution in [1.29, 1.82) is 0 Å². The van der Waals surface area contributed by atoms with E-state index in [4.69, 9.17) is 5.11 Å². The summed E-state index contributed by atoms with van der Waals surface area (Å²) in [5.74, 6) is -0.141. The molecule has 0 fully saturated rings. The molecule has 20 heavy (non-hydrogen) atoms. The first-order chi connectivity index (χ1) is 9.65. The van der Waals surface area contributed by atoms with Crippen molar-refractivity contribution in [3.8, 4) is 0 Å². The van der Waals surface area contributed by atoms with E-state index >= 15 is 0 Å². The van der Waals surface area contributed by atoms with Crippen LogP contribution in [0.4, 0.5) is 5.82 Å². The lowest BCUT2D eigenvalue weighted by atomic mass is 10.2. The van der Waals surface area contributed by atoms with Gasteiger partial charge in [-0.25, -0.2) is 9.50 Å². The van der Waals surface area contributed by atoms with Gasteiger partial charge < -0.3 is 10.4 Å². The fraction of sp³-hybridized carbons (Fsp3) is 0.214. The first-order valence-electron chi connectivity index (χ1n) is 6.36. The summed E-state index contributed by atoms with van der Waals surface area (Å²) in [5, 5.41) is 17.1. The number of rotatable bonds is 4. The summed E-state index contributed by atoms with van der Waals surface area (Å²) in [6, 6.07) is 9.68. The topological polar surface area (TPSA) is 79.5 Å². The lowest BCUT2D eigenvalue weighted by Crippen LogP contribution is -2.09. The number of fused-ring (bicyclic) bond motifs is 3. The van der Waals surface area contributed by atoms with E-state index in [1.165, 1.54) is 0 Å². The van der Waals surface area contributed by atoms with Gasteiger partial charge >= 0.3 is 5.97 Å². The van der Waals surface area contributed by atoms with Crippen LogP contribution in [0.5, 0.6) is 0 Å². The molecule has 0 unspecified atom stereocenters. The van der Waals surface area contributed by atoms with Crippen molar-refractivity contribution >= 4 is 28.3 Å². The molecular weight excluding hydrogens is 256 g/mol. The fourth-order valence-corrected chi connectivity index (χ4v) is 2.20. The Morgan fingerprint density at radius 3 is 3.00 bits per heavy atom. The quantitative estimate of drug-likeness (QED) is 0.758. The molecule has 3 aromatic rings. The number of carbonyl (C=O) groups is 1. The molecule has 0 bridgehead atoms. The van der Waals surface area contributed by atoms with Crippen molar-refractivity contribution in [2.45, 2.75) is 13.3 Å². The predicted octanol–water partition coefficient (Wildman–Crippen LogP) is 2.08. The van der Waals surface area contributed by atoms with Crippen LogP contribution < -0.4 is 5.32 Å². The van der Waals surface area contributed by atoms with Crippen molar-refractivity contribution in [2.75, 3.05) is 11.9 Å². The Morgan fingerprint density at radius 2 is 2.20 bits per heavy atom. The van der Waals surface area contributed by atoms with E-state index in [2.05, 4.69) is 15.4 Å². The van der Waals surface area contributed by atoms with Gasteiger partial charge in [0, 0.05) is 18.0 Å². The van der Waals surface area contributed by atoms with Crippen LogP contribution in [-0.2, 0) is 4.79 Å². The zero-order valence-corrected chi connectivity index (χ0v) is 11.0. The molecule has 1 aromatic carbocycles. The number of aromatic nitrogens is 3. The summed E-state index contributed by atoms with van der Waals surface area (Å²) in [7, 11) is 0. The van der Waals surface area contributed by atoms with Gasteiger partial charge in [0.1, 0.15) is 5.82 Å². The van der Waals surface area contributed by atoms with Gasteiger partial charge in [-0.15, -0.1) is 0 Å². The van der Waals surface area contributed by atoms with Gasteiger partial charge in [0.15, 0.2) is 5.65 Å². The molecule has 0 saturated carbocycles. The van der Waals surface area contributed by atoms with Crippen LogP contribution in [0.25, 0.3) is 16.6 Å². The van der Waals surface area contributed by atoms with E-state index < -0.39 is 5.97 Å². The van der Waals surface area contributed by atoms with Crippen LogP contribution in [-0.4, -0.2) is 32.2 Å². The Bertz CT molecular complexity index is 794. The highest BCUT2D eigenvalue weighted by Gasteiger charge is 2.09. The monoisotopic (exact) mass is 270 g/mol. The van der Waals surface area contributed by atoms with Crippen LogP contribution >= 0.6 is 0 Å². The van der Waals surface area contributed by atoms with E-state index in [1.807, 2.05) is 37.3 Å². The van der Waals surface area contributed by atoms with Crippen LogP contribution in [0.15, 0.2) is 30.3 Å². The maximum absolute atomic E-state index is 10.6. The molecule has 0 amide bonds. The molecule has 0 atom stereocenters. The molecule has 2 aromatic heterocycles. The second-order valence-corrected chi connectivity index (χ2v) is 4.60. The van der Waals surface area contributed by atoms with Gasteiger partial charge in [-0.2, -0.15) is 5.10 Å². The molecule has 102 valence electrons. The molecule has 3 rings (SSSR count). The number of benzene rings is 1. The molecule has 0 saturated heterocycles. The number of aryl methyl sites for hydroxylation is 1. The second-order valence-electron chi connectivity index (χ2n) is 4.60. The summed E-state index contributed by atoms with van der Waals surface area (Å²) in [4.78, 5) is 15.1. The van der Waals surface area contributed by atoms with Crippen LogP contribution in [0.1, 0.15) is 12.1 Å². The van der Waals surface area contributed by atoms with Gasteiger partial charge in [0.2, 0.25) is 0 Å². The number of nitrogens with zero attached hydrogens (tertiary/aromatic N) is 3. The average molecular weight is 270 g/mol. The van der Waals surface area contributed by atoms with Crippen molar-refractivity contribution in [2.24, 2.45) is 0 Å². The van der Waals surface area contributed by atoms with E-state index in [1.54, 1.807) is 4.52 Å². The zero-order chi connectivity index (χ0) is 14.1. The second kappa shape index (κ2) is 4.80. The van der Waals surface area contributed by atoms with Crippen molar-refractivity contribution < 1.29 is 9.90 Å². The minimum atomic E-state index is -0.830. The van der Waals surface area contributed by atoms with Crippen LogP contribution in [0, 0.1) is 6.92 Å². The van der Waals surface area contributed by atoms with Crippen molar-refractivity contribution in [1.82, 2.24) is 14.6 Å². The number of hydrogen-bond donors (Lipinski definition) is 2. The van der Waals surface area contributed by atoms with E-state index in [9.17, 15) is 4.79 Å². The summed E-state index contributed by atoms with van der Waals surface area (Å²) >= 11 is 0. The molecule has 0 radical (unpaired) electrons.